The molecule has 0 saturated carbocycles. The zero-order valence-electron chi connectivity index (χ0n) is 9.68. The van der Waals surface area contributed by atoms with Crippen molar-refractivity contribution in [2.45, 2.75) is 19.8 Å². The summed E-state index contributed by atoms with van der Waals surface area (Å²) in [7, 11) is -3.47. The number of nitrogens with zero attached hydrogens (tertiary/aromatic N) is 2. The van der Waals surface area contributed by atoms with E-state index in [4.69, 9.17) is 5.73 Å². The highest BCUT2D eigenvalue weighted by Crippen LogP contribution is 2.19. The molecular formula is C10H16N4O2S. The van der Waals surface area contributed by atoms with Crippen LogP contribution in [-0.2, 0) is 10.2 Å². The number of anilines is 2. The monoisotopic (exact) mass is 256 g/mol. The first-order valence-electron chi connectivity index (χ1n) is 5.49. The third kappa shape index (κ3) is 2.67. The van der Waals surface area contributed by atoms with Gasteiger partial charge in [-0.05, 0) is 31.4 Å². The molecule has 0 aliphatic carbocycles. The standard InChI is InChI=1S/C10H16N4O2S/c1-8-6-9(11)7-12-10(8)13-17(15,16)14-4-2-3-5-14/h6-7H,2-5,11H2,1H3,(H,12,13). The maximum Gasteiger partial charge on any atom is 0.302 e. The second-order valence-corrected chi connectivity index (χ2v) is 5.82. The Labute approximate surface area is 101 Å². The Kier molecular flexibility index (Phi) is 3.21. The molecule has 17 heavy (non-hydrogen) atoms. The molecule has 0 radical (unpaired) electrons. The number of nitrogens with two attached hydrogens (primary N) is 1. The average molecular weight is 256 g/mol. The van der Waals surface area contributed by atoms with Gasteiger partial charge in [0.15, 0.2) is 0 Å². The quantitative estimate of drug-likeness (QED) is 0.834. The first kappa shape index (κ1) is 12.1. The molecule has 0 atom stereocenters. The van der Waals surface area contributed by atoms with Gasteiger partial charge < -0.3 is 5.73 Å². The number of nitrogen functional groups attached to an aromatic ring is 1. The van der Waals surface area contributed by atoms with Crippen LogP contribution in [0.15, 0.2) is 12.3 Å². The number of nitrogens with one attached hydrogen (secondary N) is 1. The molecule has 7 heteroatoms. The van der Waals surface area contributed by atoms with Crippen LogP contribution in [0.25, 0.3) is 0 Å². The van der Waals surface area contributed by atoms with Crippen molar-refractivity contribution in [1.82, 2.24) is 9.29 Å². The Hall–Kier alpha value is -1.34. The molecule has 0 bridgehead atoms. The van der Waals surface area contributed by atoms with Crippen molar-refractivity contribution in [3.8, 4) is 0 Å². The van der Waals surface area contributed by atoms with E-state index in [2.05, 4.69) is 9.71 Å². The Balaban J connectivity index is 2.19. The van der Waals surface area contributed by atoms with Crippen LogP contribution in [0.4, 0.5) is 11.5 Å². The molecule has 0 amide bonds. The molecule has 0 unspecified atom stereocenters. The van der Waals surface area contributed by atoms with E-state index in [1.54, 1.807) is 13.0 Å². The number of hydrogen-bond acceptors (Lipinski definition) is 4. The minimum atomic E-state index is -3.47. The van der Waals surface area contributed by atoms with Gasteiger partial charge in [0.2, 0.25) is 0 Å². The number of hydrogen-bond donors (Lipinski definition) is 2. The van der Waals surface area contributed by atoms with Crippen LogP contribution in [0.5, 0.6) is 0 Å². The van der Waals surface area contributed by atoms with E-state index in [-0.39, 0.29) is 0 Å². The van der Waals surface area contributed by atoms with E-state index >= 15 is 0 Å². The maximum atomic E-state index is 12.0. The Morgan fingerprint density at radius 2 is 2.06 bits per heavy atom. The molecule has 3 N–H and O–H groups in total. The predicted molar refractivity (Wildman–Crippen MR) is 66.7 cm³/mol. The molecule has 0 spiro atoms. The lowest BCUT2D eigenvalue weighted by atomic mass is 10.3. The molecule has 2 rings (SSSR count). The summed E-state index contributed by atoms with van der Waals surface area (Å²) in [6.07, 6.45) is 3.26. The van der Waals surface area contributed by atoms with E-state index in [1.165, 1.54) is 10.5 Å². The van der Waals surface area contributed by atoms with Gasteiger partial charge in [0.05, 0.1) is 11.9 Å². The summed E-state index contributed by atoms with van der Waals surface area (Å²) in [6.45, 7) is 2.91. The van der Waals surface area contributed by atoms with Crippen LogP contribution in [0, 0.1) is 6.92 Å². The highest BCUT2D eigenvalue weighted by Gasteiger charge is 2.25. The fourth-order valence-corrected chi connectivity index (χ4v) is 3.14. The summed E-state index contributed by atoms with van der Waals surface area (Å²) in [5.74, 6) is 0.339. The number of rotatable bonds is 3. The van der Waals surface area contributed by atoms with Crippen LogP contribution in [0.2, 0.25) is 0 Å². The highest BCUT2D eigenvalue weighted by atomic mass is 32.2. The minimum absolute atomic E-state index is 0.339. The summed E-state index contributed by atoms with van der Waals surface area (Å²) < 4.78 is 27.9. The normalized spacial score (nSPS) is 17.2. The SMILES string of the molecule is Cc1cc(N)cnc1NS(=O)(=O)N1CCCC1. The zero-order valence-corrected chi connectivity index (χ0v) is 10.5. The second kappa shape index (κ2) is 4.50. The largest absolute Gasteiger partial charge is 0.397 e. The predicted octanol–water partition coefficient (Wildman–Crippen LogP) is 0.725. The highest BCUT2D eigenvalue weighted by molar-refractivity contribution is 7.90. The van der Waals surface area contributed by atoms with Gasteiger partial charge in [-0.2, -0.15) is 12.7 Å². The summed E-state index contributed by atoms with van der Waals surface area (Å²) in [5.41, 5.74) is 6.80. The van der Waals surface area contributed by atoms with Crippen LogP contribution in [0.1, 0.15) is 18.4 Å². The van der Waals surface area contributed by atoms with Crippen molar-refractivity contribution in [3.63, 3.8) is 0 Å². The van der Waals surface area contributed by atoms with E-state index in [0.717, 1.165) is 12.8 Å². The van der Waals surface area contributed by atoms with Gasteiger partial charge in [-0.3, -0.25) is 4.72 Å². The first-order valence-corrected chi connectivity index (χ1v) is 6.93. The molecule has 2 heterocycles. The van der Waals surface area contributed by atoms with Crippen molar-refractivity contribution in [2.75, 3.05) is 23.5 Å². The topological polar surface area (TPSA) is 88.3 Å². The van der Waals surface area contributed by atoms with E-state index in [9.17, 15) is 8.42 Å². The fraction of sp³-hybridized carbons (Fsp3) is 0.500. The fourth-order valence-electron chi connectivity index (χ4n) is 1.82. The number of pyridine rings is 1. The van der Waals surface area contributed by atoms with Gasteiger partial charge in [0.25, 0.3) is 0 Å². The number of aromatic nitrogens is 1. The Bertz CT molecular complexity index is 509. The van der Waals surface area contributed by atoms with Gasteiger partial charge in [-0.15, -0.1) is 0 Å². The summed E-state index contributed by atoms with van der Waals surface area (Å²) in [6, 6.07) is 1.69. The average Bonchev–Trinajstić information content (AvgIpc) is 2.76. The van der Waals surface area contributed by atoms with Crippen molar-refractivity contribution in [2.24, 2.45) is 0 Å². The molecule has 1 aromatic heterocycles. The van der Waals surface area contributed by atoms with Gasteiger partial charge >= 0.3 is 10.2 Å². The molecule has 0 aromatic carbocycles. The lowest BCUT2D eigenvalue weighted by Gasteiger charge is -2.17. The smallest absolute Gasteiger partial charge is 0.302 e. The third-order valence-electron chi connectivity index (χ3n) is 2.73. The Morgan fingerprint density at radius 1 is 1.41 bits per heavy atom. The van der Waals surface area contributed by atoms with Gasteiger partial charge in [-0.25, -0.2) is 4.98 Å². The molecule has 1 fully saturated rings. The summed E-state index contributed by atoms with van der Waals surface area (Å²) in [5, 5.41) is 0. The number of aryl methyl sites for hydroxylation is 1. The van der Waals surface area contributed by atoms with Gasteiger partial charge in [-0.1, -0.05) is 0 Å². The second-order valence-electron chi connectivity index (χ2n) is 4.15. The molecule has 94 valence electrons. The molecular weight excluding hydrogens is 240 g/mol. The van der Waals surface area contributed by atoms with E-state index < -0.39 is 10.2 Å². The van der Waals surface area contributed by atoms with Crippen LogP contribution in [-0.4, -0.2) is 30.8 Å². The van der Waals surface area contributed by atoms with Crippen molar-refractivity contribution < 1.29 is 8.42 Å². The van der Waals surface area contributed by atoms with Crippen LogP contribution >= 0.6 is 0 Å². The first-order chi connectivity index (χ1) is 7.99. The van der Waals surface area contributed by atoms with Gasteiger partial charge in [0.1, 0.15) is 5.82 Å². The lowest BCUT2D eigenvalue weighted by molar-refractivity contribution is 0.482. The molecule has 1 aromatic rings. The summed E-state index contributed by atoms with van der Waals surface area (Å²) >= 11 is 0. The van der Waals surface area contributed by atoms with Crippen molar-refractivity contribution >= 4 is 21.7 Å². The molecule has 1 aliphatic rings. The van der Waals surface area contributed by atoms with Crippen LogP contribution < -0.4 is 10.5 Å². The van der Waals surface area contributed by atoms with Crippen molar-refractivity contribution in [3.05, 3.63) is 17.8 Å². The Morgan fingerprint density at radius 3 is 2.65 bits per heavy atom. The van der Waals surface area contributed by atoms with E-state index in [1.807, 2.05) is 0 Å². The molecule has 1 aliphatic heterocycles. The van der Waals surface area contributed by atoms with Crippen LogP contribution in [0.3, 0.4) is 0 Å². The minimum Gasteiger partial charge on any atom is -0.397 e. The van der Waals surface area contributed by atoms with Gasteiger partial charge in [0, 0.05) is 13.1 Å². The molecule has 6 nitrogen and oxygen atoms in total. The maximum absolute atomic E-state index is 12.0. The lowest BCUT2D eigenvalue weighted by Crippen LogP contribution is -2.33. The third-order valence-corrected chi connectivity index (χ3v) is 4.23. The summed E-state index contributed by atoms with van der Waals surface area (Å²) in [4.78, 5) is 3.99. The van der Waals surface area contributed by atoms with E-state index in [0.29, 0.717) is 30.2 Å². The van der Waals surface area contributed by atoms with Crippen molar-refractivity contribution in [1.29, 1.82) is 0 Å². The molecule has 1 saturated heterocycles. The zero-order chi connectivity index (χ0) is 12.5.